The van der Waals surface area contributed by atoms with Gasteiger partial charge in [0.2, 0.25) is 0 Å². The molecular formula is C13H21NO. The molecule has 0 radical (unpaired) electrons. The molecule has 1 aromatic rings. The van der Waals surface area contributed by atoms with Crippen LogP contribution >= 0.6 is 0 Å². The fourth-order valence-corrected chi connectivity index (χ4v) is 1.40. The Morgan fingerprint density at radius 2 is 2.07 bits per heavy atom. The molecule has 15 heavy (non-hydrogen) atoms. The molecule has 1 aromatic carbocycles. The monoisotopic (exact) mass is 207 g/mol. The van der Waals surface area contributed by atoms with Crippen molar-refractivity contribution in [1.82, 2.24) is 5.32 Å². The Morgan fingerprint density at radius 3 is 2.80 bits per heavy atom. The second-order valence-corrected chi connectivity index (χ2v) is 3.60. The van der Waals surface area contributed by atoms with Gasteiger partial charge in [-0.05, 0) is 37.1 Å². The average molecular weight is 207 g/mol. The minimum Gasteiger partial charge on any atom is -0.492 e. The van der Waals surface area contributed by atoms with Gasteiger partial charge < -0.3 is 10.1 Å². The fraction of sp³-hybridized carbons (Fsp3) is 0.538. The second-order valence-electron chi connectivity index (χ2n) is 3.60. The van der Waals surface area contributed by atoms with E-state index in [2.05, 4.69) is 31.3 Å². The summed E-state index contributed by atoms with van der Waals surface area (Å²) in [7, 11) is 0. The highest BCUT2D eigenvalue weighted by Crippen LogP contribution is 2.13. The maximum atomic E-state index is 5.63. The van der Waals surface area contributed by atoms with Crippen LogP contribution in [0.1, 0.15) is 25.8 Å². The van der Waals surface area contributed by atoms with Gasteiger partial charge in [0, 0.05) is 6.54 Å². The van der Waals surface area contributed by atoms with E-state index >= 15 is 0 Å². The molecule has 1 rings (SSSR count). The minimum absolute atomic E-state index is 0.743. The first-order chi connectivity index (χ1) is 7.36. The Labute approximate surface area is 92.6 Å². The quantitative estimate of drug-likeness (QED) is 0.694. The van der Waals surface area contributed by atoms with E-state index in [9.17, 15) is 0 Å². The molecule has 0 aliphatic rings. The standard InChI is InChI=1S/C13H21NO/c1-3-8-14-9-10-15-13-7-5-6-12(4-2)11-13/h5-7,11,14H,3-4,8-10H2,1-2H3. The fourth-order valence-electron chi connectivity index (χ4n) is 1.40. The largest absolute Gasteiger partial charge is 0.492 e. The van der Waals surface area contributed by atoms with Crippen molar-refractivity contribution >= 4 is 0 Å². The molecule has 0 aromatic heterocycles. The third-order valence-corrected chi connectivity index (χ3v) is 2.28. The van der Waals surface area contributed by atoms with Crippen molar-refractivity contribution < 1.29 is 4.74 Å². The number of ether oxygens (including phenoxy) is 1. The Kier molecular flexibility index (Phi) is 5.86. The Bertz CT molecular complexity index is 273. The molecule has 0 heterocycles. The van der Waals surface area contributed by atoms with E-state index in [0.717, 1.165) is 31.9 Å². The smallest absolute Gasteiger partial charge is 0.119 e. The average Bonchev–Trinajstić information content (AvgIpc) is 2.29. The number of aryl methyl sites for hydroxylation is 1. The van der Waals surface area contributed by atoms with Gasteiger partial charge in [0.25, 0.3) is 0 Å². The van der Waals surface area contributed by atoms with Gasteiger partial charge in [0.1, 0.15) is 12.4 Å². The van der Waals surface area contributed by atoms with Crippen molar-refractivity contribution in [2.24, 2.45) is 0 Å². The minimum atomic E-state index is 0.743. The van der Waals surface area contributed by atoms with Crippen LogP contribution in [0.5, 0.6) is 5.75 Å². The molecule has 0 bridgehead atoms. The molecular weight excluding hydrogens is 186 g/mol. The lowest BCUT2D eigenvalue weighted by Crippen LogP contribution is -2.21. The SMILES string of the molecule is CCCNCCOc1cccc(CC)c1. The van der Waals surface area contributed by atoms with Crippen LogP contribution in [-0.4, -0.2) is 19.7 Å². The van der Waals surface area contributed by atoms with E-state index in [0.29, 0.717) is 0 Å². The van der Waals surface area contributed by atoms with Gasteiger partial charge in [-0.2, -0.15) is 0 Å². The van der Waals surface area contributed by atoms with Gasteiger partial charge in [-0.3, -0.25) is 0 Å². The van der Waals surface area contributed by atoms with Crippen molar-refractivity contribution in [2.75, 3.05) is 19.7 Å². The third-order valence-electron chi connectivity index (χ3n) is 2.28. The highest BCUT2D eigenvalue weighted by molar-refractivity contribution is 5.28. The number of hydrogen-bond donors (Lipinski definition) is 1. The summed E-state index contributed by atoms with van der Waals surface area (Å²) < 4.78 is 5.63. The second kappa shape index (κ2) is 7.30. The first-order valence-electron chi connectivity index (χ1n) is 5.79. The topological polar surface area (TPSA) is 21.3 Å². The third kappa shape index (κ3) is 4.84. The van der Waals surface area contributed by atoms with Gasteiger partial charge in [-0.1, -0.05) is 26.0 Å². The lowest BCUT2D eigenvalue weighted by Gasteiger charge is -2.07. The van der Waals surface area contributed by atoms with Crippen LogP contribution in [0.3, 0.4) is 0 Å². The molecule has 0 unspecified atom stereocenters. The summed E-state index contributed by atoms with van der Waals surface area (Å²) in [5.74, 6) is 0.979. The van der Waals surface area contributed by atoms with Crippen molar-refractivity contribution in [3.8, 4) is 5.75 Å². The van der Waals surface area contributed by atoms with E-state index in [1.54, 1.807) is 0 Å². The zero-order valence-electron chi connectivity index (χ0n) is 9.75. The predicted molar refractivity (Wildman–Crippen MR) is 64.5 cm³/mol. The highest BCUT2D eigenvalue weighted by atomic mass is 16.5. The zero-order valence-corrected chi connectivity index (χ0v) is 9.75. The summed E-state index contributed by atoms with van der Waals surface area (Å²) >= 11 is 0. The van der Waals surface area contributed by atoms with Crippen molar-refractivity contribution in [2.45, 2.75) is 26.7 Å². The van der Waals surface area contributed by atoms with Crippen LogP contribution in [-0.2, 0) is 6.42 Å². The van der Waals surface area contributed by atoms with E-state index in [1.807, 2.05) is 12.1 Å². The molecule has 0 amide bonds. The first-order valence-corrected chi connectivity index (χ1v) is 5.79. The Hall–Kier alpha value is -1.02. The van der Waals surface area contributed by atoms with Crippen LogP contribution in [0.4, 0.5) is 0 Å². The zero-order chi connectivity index (χ0) is 10.9. The van der Waals surface area contributed by atoms with Crippen molar-refractivity contribution in [3.63, 3.8) is 0 Å². The van der Waals surface area contributed by atoms with Crippen LogP contribution in [0.2, 0.25) is 0 Å². The normalized spacial score (nSPS) is 10.3. The number of benzene rings is 1. The van der Waals surface area contributed by atoms with Gasteiger partial charge in [-0.25, -0.2) is 0 Å². The summed E-state index contributed by atoms with van der Waals surface area (Å²) in [6.45, 7) is 7.05. The van der Waals surface area contributed by atoms with Crippen molar-refractivity contribution in [3.05, 3.63) is 29.8 Å². The van der Waals surface area contributed by atoms with E-state index in [1.165, 1.54) is 12.0 Å². The molecule has 84 valence electrons. The van der Waals surface area contributed by atoms with Gasteiger partial charge in [0.15, 0.2) is 0 Å². The van der Waals surface area contributed by atoms with E-state index in [4.69, 9.17) is 4.74 Å². The van der Waals surface area contributed by atoms with Crippen LogP contribution in [0.15, 0.2) is 24.3 Å². The molecule has 0 saturated heterocycles. The van der Waals surface area contributed by atoms with Crippen LogP contribution in [0, 0.1) is 0 Å². The summed E-state index contributed by atoms with van der Waals surface area (Å²) in [6, 6.07) is 8.30. The molecule has 0 atom stereocenters. The molecule has 0 aliphatic carbocycles. The Balaban J connectivity index is 2.24. The first kappa shape index (κ1) is 12.1. The van der Waals surface area contributed by atoms with Gasteiger partial charge in [-0.15, -0.1) is 0 Å². The lowest BCUT2D eigenvalue weighted by molar-refractivity contribution is 0.314. The predicted octanol–water partition coefficient (Wildman–Crippen LogP) is 2.63. The van der Waals surface area contributed by atoms with Crippen LogP contribution in [0.25, 0.3) is 0 Å². The van der Waals surface area contributed by atoms with Gasteiger partial charge >= 0.3 is 0 Å². The van der Waals surface area contributed by atoms with Crippen molar-refractivity contribution in [1.29, 1.82) is 0 Å². The molecule has 0 spiro atoms. The highest BCUT2D eigenvalue weighted by Gasteiger charge is 1.94. The van der Waals surface area contributed by atoms with E-state index in [-0.39, 0.29) is 0 Å². The molecule has 0 fully saturated rings. The number of hydrogen-bond acceptors (Lipinski definition) is 2. The van der Waals surface area contributed by atoms with Crippen LogP contribution < -0.4 is 10.1 Å². The molecule has 0 aliphatic heterocycles. The molecule has 1 N–H and O–H groups in total. The summed E-state index contributed by atoms with van der Waals surface area (Å²) in [6.07, 6.45) is 2.23. The van der Waals surface area contributed by atoms with E-state index < -0.39 is 0 Å². The molecule has 2 nitrogen and oxygen atoms in total. The number of rotatable bonds is 7. The number of nitrogens with one attached hydrogen (secondary N) is 1. The summed E-state index contributed by atoms with van der Waals surface area (Å²) in [4.78, 5) is 0. The maximum Gasteiger partial charge on any atom is 0.119 e. The summed E-state index contributed by atoms with van der Waals surface area (Å²) in [5.41, 5.74) is 1.33. The molecule has 0 saturated carbocycles. The van der Waals surface area contributed by atoms with Gasteiger partial charge in [0.05, 0.1) is 0 Å². The maximum absolute atomic E-state index is 5.63. The molecule has 2 heteroatoms. The lowest BCUT2D eigenvalue weighted by atomic mass is 10.2. The Morgan fingerprint density at radius 1 is 1.20 bits per heavy atom. The summed E-state index contributed by atoms with van der Waals surface area (Å²) in [5, 5.41) is 3.31.